The van der Waals surface area contributed by atoms with Crippen LogP contribution >= 0.6 is 23.8 Å². The average molecular weight is 481 g/mol. The number of hydrogen-bond donors (Lipinski definition) is 2. The predicted molar refractivity (Wildman–Crippen MR) is 128 cm³/mol. The van der Waals surface area contributed by atoms with Gasteiger partial charge in [-0.1, -0.05) is 23.7 Å². The molecule has 166 valence electrons. The summed E-state index contributed by atoms with van der Waals surface area (Å²) >= 11 is 11.5. The van der Waals surface area contributed by atoms with Crippen molar-refractivity contribution in [2.45, 2.75) is 13.8 Å². The predicted octanol–water partition coefficient (Wildman–Crippen LogP) is 4.75. The fourth-order valence-electron chi connectivity index (χ4n) is 3.42. The molecule has 1 aliphatic rings. The van der Waals surface area contributed by atoms with E-state index < -0.39 is 17.8 Å². The van der Waals surface area contributed by atoms with E-state index in [-0.39, 0.29) is 22.0 Å². The molecule has 0 unspecified atom stereocenters. The van der Waals surface area contributed by atoms with Gasteiger partial charge in [-0.15, -0.1) is 0 Å². The number of aryl methyl sites for hydroxylation is 1. The highest BCUT2D eigenvalue weighted by atomic mass is 35.5. The van der Waals surface area contributed by atoms with Gasteiger partial charge in [-0.25, -0.2) is 4.79 Å². The van der Waals surface area contributed by atoms with Crippen LogP contribution < -0.4 is 10.2 Å². The van der Waals surface area contributed by atoms with Gasteiger partial charge in [0.15, 0.2) is 5.11 Å². The summed E-state index contributed by atoms with van der Waals surface area (Å²) in [5, 5.41) is 12.1. The molecule has 0 aliphatic carbocycles. The number of furan rings is 1. The number of nitrogens with zero attached hydrogens (tertiary/aromatic N) is 1. The van der Waals surface area contributed by atoms with Crippen molar-refractivity contribution >= 4 is 58.5 Å². The Labute approximate surface area is 199 Å². The number of carbonyl (C=O) groups excluding carboxylic acids is 2. The number of nitrogens with one attached hydrogen (secondary N) is 1. The lowest BCUT2D eigenvalue weighted by Crippen LogP contribution is -2.54. The summed E-state index contributed by atoms with van der Waals surface area (Å²) in [6.07, 6.45) is 1.32. The number of anilines is 1. The number of carbonyl (C=O) groups is 3. The maximum Gasteiger partial charge on any atom is 0.335 e. The fraction of sp³-hybridized carbons (Fsp3) is 0.0833. The van der Waals surface area contributed by atoms with Crippen LogP contribution in [0.15, 0.2) is 58.5 Å². The van der Waals surface area contributed by atoms with E-state index in [1.54, 1.807) is 24.3 Å². The summed E-state index contributed by atoms with van der Waals surface area (Å²) in [5.41, 5.74) is 2.67. The van der Waals surface area contributed by atoms with Crippen molar-refractivity contribution in [1.82, 2.24) is 5.32 Å². The number of hydrogen-bond acceptors (Lipinski definition) is 5. The minimum Gasteiger partial charge on any atom is -0.478 e. The molecule has 0 spiro atoms. The standard InChI is InChI=1S/C24H17ClN2O5S/c1-12-4-3-5-19(13(12)2)27-22(29)17(21(28)26-24(27)33)11-15-7-9-20(32-15)16-10-14(23(30)31)6-8-18(16)25/h3-11H,1-2H3,(H,30,31)(H,26,28,33)/b17-11+. The van der Waals surface area contributed by atoms with E-state index >= 15 is 0 Å². The van der Waals surface area contributed by atoms with Crippen molar-refractivity contribution < 1.29 is 23.9 Å². The molecule has 2 amide bonds. The molecule has 0 radical (unpaired) electrons. The quantitative estimate of drug-likeness (QED) is 0.317. The summed E-state index contributed by atoms with van der Waals surface area (Å²) in [4.78, 5) is 38.4. The molecule has 9 heteroatoms. The third-order valence-electron chi connectivity index (χ3n) is 5.31. The number of benzene rings is 2. The van der Waals surface area contributed by atoms with Crippen molar-refractivity contribution in [2.75, 3.05) is 4.90 Å². The van der Waals surface area contributed by atoms with Gasteiger partial charge >= 0.3 is 5.97 Å². The lowest BCUT2D eigenvalue weighted by molar-refractivity contribution is -0.122. The van der Waals surface area contributed by atoms with Crippen LogP contribution in [0.2, 0.25) is 5.02 Å². The monoisotopic (exact) mass is 480 g/mol. The van der Waals surface area contributed by atoms with Crippen molar-refractivity contribution in [3.63, 3.8) is 0 Å². The first kappa shape index (κ1) is 22.4. The molecule has 1 saturated heterocycles. The zero-order chi connectivity index (χ0) is 23.9. The summed E-state index contributed by atoms with van der Waals surface area (Å²) < 4.78 is 5.76. The SMILES string of the molecule is Cc1cccc(N2C(=O)/C(=C/c3ccc(-c4cc(C(=O)O)ccc4Cl)o3)C(=O)NC2=S)c1C. The van der Waals surface area contributed by atoms with E-state index in [1.807, 2.05) is 19.9 Å². The van der Waals surface area contributed by atoms with Crippen LogP contribution in [-0.2, 0) is 9.59 Å². The second-order valence-electron chi connectivity index (χ2n) is 7.38. The van der Waals surface area contributed by atoms with Crippen LogP contribution in [0.5, 0.6) is 0 Å². The van der Waals surface area contributed by atoms with Gasteiger partial charge in [0, 0.05) is 5.56 Å². The van der Waals surface area contributed by atoms with Gasteiger partial charge in [-0.05, 0) is 79.7 Å². The molecule has 0 saturated carbocycles. The highest BCUT2D eigenvalue weighted by Gasteiger charge is 2.35. The van der Waals surface area contributed by atoms with Crippen molar-refractivity contribution in [2.24, 2.45) is 0 Å². The van der Waals surface area contributed by atoms with Gasteiger partial charge in [0.05, 0.1) is 16.3 Å². The lowest BCUT2D eigenvalue weighted by atomic mass is 10.0. The number of amides is 2. The molecule has 2 aromatic carbocycles. The van der Waals surface area contributed by atoms with Gasteiger partial charge < -0.3 is 9.52 Å². The Bertz CT molecular complexity index is 1370. The van der Waals surface area contributed by atoms with Crippen LogP contribution in [-0.4, -0.2) is 28.0 Å². The Kier molecular flexibility index (Phi) is 5.88. The van der Waals surface area contributed by atoms with E-state index in [9.17, 15) is 19.5 Å². The summed E-state index contributed by atoms with van der Waals surface area (Å²) in [5.74, 6) is -1.82. The zero-order valence-electron chi connectivity index (χ0n) is 17.5. The molecule has 1 aromatic heterocycles. The van der Waals surface area contributed by atoms with Gasteiger partial charge in [0.2, 0.25) is 0 Å². The number of rotatable bonds is 4. The second kappa shape index (κ2) is 8.65. The largest absolute Gasteiger partial charge is 0.478 e. The highest BCUT2D eigenvalue weighted by Crippen LogP contribution is 2.32. The number of thiocarbonyl (C=S) groups is 1. The Morgan fingerprint density at radius 1 is 1.15 bits per heavy atom. The van der Waals surface area contributed by atoms with Gasteiger partial charge in [-0.3, -0.25) is 19.8 Å². The number of aromatic carboxylic acids is 1. The summed E-state index contributed by atoms with van der Waals surface area (Å²) in [6, 6.07) is 12.8. The minimum atomic E-state index is -1.10. The van der Waals surface area contributed by atoms with Crippen molar-refractivity contribution in [3.05, 3.63) is 81.6 Å². The molecular weight excluding hydrogens is 464 g/mol. The van der Waals surface area contributed by atoms with Crippen LogP contribution in [0, 0.1) is 13.8 Å². The molecular formula is C24H17ClN2O5S. The Hall–Kier alpha value is -3.75. The van der Waals surface area contributed by atoms with E-state index in [1.165, 1.54) is 29.2 Å². The fourth-order valence-corrected chi connectivity index (χ4v) is 3.90. The van der Waals surface area contributed by atoms with E-state index in [0.717, 1.165) is 11.1 Å². The number of halogens is 1. The normalized spacial score (nSPS) is 15.2. The molecule has 7 nitrogen and oxygen atoms in total. The number of carboxylic acid groups (broad SMARTS) is 1. The first-order valence-electron chi connectivity index (χ1n) is 9.78. The highest BCUT2D eigenvalue weighted by molar-refractivity contribution is 7.80. The Morgan fingerprint density at radius 2 is 1.91 bits per heavy atom. The molecule has 0 atom stereocenters. The molecule has 33 heavy (non-hydrogen) atoms. The molecule has 1 fully saturated rings. The van der Waals surface area contributed by atoms with Crippen molar-refractivity contribution in [1.29, 1.82) is 0 Å². The smallest absolute Gasteiger partial charge is 0.335 e. The lowest BCUT2D eigenvalue weighted by Gasteiger charge is -2.30. The van der Waals surface area contributed by atoms with Crippen molar-refractivity contribution in [3.8, 4) is 11.3 Å². The van der Waals surface area contributed by atoms with E-state index in [2.05, 4.69) is 5.32 Å². The van der Waals surface area contributed by atoms with Crippen LogP contribution in [0.1, 0.15) is 27.2 Å². The maximum absolute atomic E-state index is 13.2. The first-order chi connectivity index (χ1) is 15.7. The number of carboxylic acids is 1. The topological polar surface area (TPSA) is 99.8 Å². The second-order valence-corrected chi connectivity index (χ2v) is 8.17. The first-order valence-corrected chi connectivity index (χ1v) is 10.6. The van der Waals surface area contributed by atoms with E-state index in [0.29, 0.717) is 22.0 Å². The molecule has 2 N–H and O–H groups in total. The molecule has 1 aliphatic heterocycles. The zero-order valence-corrected chi connectivity index (χ0v) is 19.1. The van der Waals surface area contributed by atoms with Crippen LogP contribution in [0.25, 0.3) is 17.4 Å². The Morgan fingerprint density at radius 3 is 2.64 bits per heavy atom. The molecule has 0 bridgehead atoms. The third-order valence-corrected chi connectivity index (χ3v) is 5.92. The summed E-state index contributed by atoms with van der Waals surface area (Å²) in [7, 11) is 0. The van der Waals surface area contributed by atoms with Gasteiger partial charge in [-0.2, -0.15) is 0 Å². The molecule has 3 aromatic rings. The Balaban J connectivity index is 1.72. The maximum atomic E-state index is 13.2. The average Bonchev–Trinajstić information content (AvgIpc) is 3.22. The van der Waals surface area contributed by atoms with Gasteiger partial charge in [0.25, 0.3) is 11.8 Å². The minimum absolute atomic E-state index is 0.00625. The van der Waals surface area contributed by atoms with Crippen LogP contribution in [0.4, 0.5) is 5.69 Å². The van der Waals surface area contributed by atoms with E-state index in [4.69, 9.17) is 28.2 Å². The van der Waals surface area contributed by atoms with Gasteiger partial charge in [0.1, 0.15) is 17.1 Å². The molecule has 2 heterocycles. The van der Waals surface area contributed by atoms with Crippen LogP contribution in [0.3, 0.4) is 0 Å². The third kappa shape index (κ3) is 4.18. The summed E-state index contributed by atoms with van der Waals surface area (Å²) in [6.45, 7) is 3.79. The molecule has 4 rings (SSSR count).